The van der Waals surface area contributed by atoms with Crippen LogP contribution in [0.2, 0.25) is 0 Å². The van der Waals surface area contributed by atoms with E-state index in [2.05, 4.69) is 11.4 Å². The number of methoxy groups -OCH3 is 1. The van der Waals surface area contributed by atoms with Gasteiger partial charge >= 0.3 is 0 Å². The molecule has 5 nitrogen and oxygen atoms in total. The summed E-state index contributed by atoms with van der Waals surface area (Å²) in [7, 11) is 1.59. The van der Waals surface area contributed by atoms with Gasteiger partial charge in [-0.15, -0.1) is 0 Å². The maximum atomic E-state index is 12.5. The molecule has 25 heavy (non-hydrogen) atoms. The number of hydrogen-bond donors (Lipinski definition) is 1. The number of benzene rings is 2. The molecule has 0 bridgehead atoms. The molecule has 2 amide bonds. The van der Waals surface area contributed by atoms with E-state index in [0.717, 1.165) is 24.1 Å². The predicted octanol–water partition coefficient (Wildman–Crippen LogP) is 2.33. The molecular weight excluding hydrogens is 316 g/mol. The number of amides is 2. The molecular formula is C20H22N2O3. The zero-order valence-corrected chi connectivity index (χ0v) is 14.3. The standard InChI is InChI=1S/C20H22N2O3/c1-25-17-9-4-6-15(12-17)13-19(23)21-14-20(24)22-11-5-8-16-7-2-3-10-18(16)22/h2-4,6-7,9-10,12H,5,8,11,13-14H2,1H3,(H,21,23). The maximum Gasteiger partial charge on any atom is 0.246 e. The molecule has 1 heterocycles. The van der Waals surface area contributed by atoms with Gasteiger partial charge in [0.1, 0.15) is 5.75 Å². The summed E-state index contributed by atoms with van der Waals surface area (Å²) in [6.07, 6.45) is 2.16. The summed E-state index contributed by atoms with van der Waals surface area (Å²) in [5.41, 5.74) is 3.00. The van der Waals surface area contributed by atoms with Crippen molar-refractivity contribution >= 4 is 17.5 Å². The van der Waals surface area contributed by atoms with Crippen LogP contribution in [-0.2, 0) is 22.4 Å². The van der Waals surface area contributed by atoms with E-state index in [4.69, 9.17) is 4.74 Å². The monoisotopic (exact) mass is 338 g/mol. The van der Waals surface area contributed by atoms with Crippen molar-refractivity contribution in [1.82, 2.24) is 5.32 Å². The van der Waals surface area contributed by atoms with Gasteiger partial charge in [-0.3, -0.25) is 9.59 Å². The van der Waals surface area contributed by atoms with E-state index in [1.165, 1.54) is 5.56 Å². The Morgan fingerprint density at radius 1 is 1.16 bits per heavy atom. The van der Waals surface area contributed by atoms with Crippen LogP contribution in [-0.4, -0.2) is 32.0 Å². The van der Waals surface area contributed by atoms with Gasteiger partial charge in [0.25, 0.3) is 0 Å². The highest BCUT2D eigenvalue weighted by Crippen LogP contribution is 2.26. The molecule has 0 aliphatic carbocycles. The number of nitrogens with one attached hydrogen (secondary N) is 1. The lowest BCUT2D eigenvalue weighted by Crippen LogP contribution is -2.43. The van der Waals surface area contributed by atoms with Crippen molar-refractivity contribution in [1.29, 1.82) is 0 Å². The predicted molar refractivity (Wildman–Crippen MR) is 96.8 cm³/mol. The third-order valence-corrected chi connectivity index (χ3v) is 4.35. The van der Waals surface area contributed by atoms with E-state index in [1.807, 2.05) is 42.5 Å². The van der Waals surface area contributed by atoms with Gasteiger partial charge in [-0.05, 0) is 42.2 Å². The maximum absolute atomic E-state index is 12.5. The highest BCUT2D eigenvalue weighted by Gasteiger charge is 2.22. The molecule has 0 fully saturated rings. The van der Waals surface area contributed by atoms with E-state index >= 15 is 0 Å². The van der Waals surface area contributed by atoms with Crippen LogP contribution in [0.15, 0.2) is 48.5 Å². The summed E-state index contributed by atoms with van der Waals surface area (Å²) in [5.74, 6) is 0.462. The zero-order valence-electron chi connectivity index (χ0n) is 14.3. The Morgan fingerprint density at radius 2 is 2.00 bits per heavy atom. The average Bonchev–Trinajstić information content (AvgIpc) is 2.65. The fraction of sp³-hybridized carbons (Fsp3) is 0.300. The van der Waals surface area contributed by atoms with Crippen molar-refractivity contribution in [3.8, 4) is 5.75 Å². The number of aryl methyl sites for hydroxylation is 1. The van der Waals surface area contributed by atoms with Crippen LogP contribution in [0, 0.1) is 0 Å². The molecule has 0 spiro atoms. The van der Waals surface area contributed by atoms with Gasteiger partial charge in [0.2, 0.25) is 11.8 Å². The number of rotatable bonds is 5. The Balaban J connectivity index is 1.56. The van der Waals surface area contributed by atoms with Crippen molar-refractivity contribution in [3.63, 3.8) is 0 Å². The Labute approximate surface area is 147 Å². The second kappa shape index (κ2) is 7.83. The summed E-state index contributed by atoms with van der Waals surface area (Å²) >= 11 is 0. The molecule has 0 saturated carbocycles. The third-order valence-electron chi connectivity index (χ3n) is 4.35. The Bertz CT molecular complexity index is 773. The largest absolute Gasteiger partial charge is 0.497 e. The van der Waals surface area contributed by atoms with Crippen LogP contribution < -0.4 is 15.0 Å². The van der Waals surface area contributed by atoms with Crippen LogP contribution in [0.5, 0.6) is 5.75 Å². The lowest BCUT2D eigenvalue weighted by Gasteiger charge is -2.29. The molecule has 3 rings (SSSR count). The number of nitrogens with zero attached hydrogens (tertiary/aromatic N) is 1. The first-order chi connectivity index (χ1) is 12.2. The summed E-state index contributed by atoms with van der Waals surface area (Å²) in [6, 6.07) is 15.3. The lowest BCUT2D eigenvalue weighted by molar-refractivity contribution is -0.124. The van der Waals surface area contributed by atoms with Gasteiger partial charge < -0.3 is 15.0 Å². The van der Waals surface area contributed by atoms with Crippen LogP contribution >= 0.6 is 0 Å². The van der Waals surface area contributed by atoms with Crippen LogP contribution in [0.1, 0.15) is 17.5 Å². The number of anilines is 1. The molecule has 0 aromatic heterocycles. The molecule has 0 atom stereocenters. The molecule has 2 aromatic rings. The molecule has 2 aromatic carbocycles. The number of carbonyl (C=O) groups is 2. The van der Waals surface area contributed by atoms with Crippen molar-refractivity contribution in [2.24, 2.45) is 0 Å². The van der Waals surface area contributed by atoms with Gasteiger partial charge in [0.15, 0.2) is 0 Å². The molecule has 0 unspecified atom stereocenters. The van der Waals surface area contributed by atoms with E-state index in [0.29, 0.717) is 12.3 Å². The fourth-order valence-electron chi connectivity index (χ4n) is 3.09. The first kappa shape index (κ1) is 17.0. The van der Waals surface area contributed by atoms with Gasteiger partial charge in [-0.25, -0.2) is 0 Å². The smallest absolute Gasteiger partial charge is 0.246 e. The number of hydrogen-bond acceptors (Lipinski definition) is 3. The number of fused-ring (bicyclic) bond motifs is 1. The van der Waals surface area contributed by atoms with Crippen molar-refractivity contribution in [2.75, 3.05) is 25.1 Å². The molecule has 5 heteroatoms. The first-order valence-corrected chi connectivity index (χ1v) is 8.45. The summed E-state index contributed by atoms with van der Waals surface area (Å²) in [6.45, 7) is 0.707. The number of carbonyl (C=O) groups excluding carboxylic acids is 2. The minimum atomic E-state index is -0.174. The SMILES string of the molecule is COc1cccc(CC(=O)NCC(=O)N2CCCc3ccccc32)c1. The van der Waals surface area contributed by atoms with Gasteiger partial charge in [-0.1, -0.05) is 30.3 Å². The van der Waals surface area contributed by atoms with Crippen LogP contribution in [0.4, 0.5) is 5.69 Å². The fourth-order valence-corrected chi connectivity index (χ4v) is 3.09. The summed E-state index contributed by atoms with van der Waals surface area (Å²) in [5, 5.41) is 2.73. The number of ether oxygens (including phenoxy) is 1. The Morgan fingerprint density at radius 3 is 2.84 bits per heavy atom. The second-order valence-corrected chi connectivity index (χ2v) is 6.08. The molecule has 0 saturated heterocycles. The molecule has 130 valence electrons. The lowest BCUT2D eigenvalue weighted by atomic mass is 10.0. The minimum absolute atomic E-state index is 0.0110. The minimum Gasteiger partial charge on any atom is -0.497 e. The van der Waals surface area contributed by atoms with Gasteiger partial charge in [0.05, 0.1) is 20.1 Å². The molecule has 1 aliphatic heterocycles. The van der Waals surface area contributed by atoms with E-state index in [9.17, 15) is 9.59 Å². The topological polar surface area (TPSA) is 58.6 Å². The average molecular weight is 338 g/mol. The Hall–Kier alpha value is -2.82. The van der Waals surface area contributed by atoms with E-state index in [1.54, 1.807) is 12.0 Å². The number of para-hydroxylation sites is 1. The normalized spacial score (nSPS) is 13.1. The third kappa shape index (κ3) is 4.18. The van der Waals surface area contributed by atoms with Crippen molar-refractivity contribution in [3.05, 3.63) is 59.7 Å². The quantitative estimate of drug-likeness (QED) is 0.910. The molecule has 0 radical (unpaired) electrons. The Kier molecular flexibility index (Phi) is 5.33. The molecule has 1 N–H and O–H groups in total. The van der Waals surface area contributed by atoms with Crippen LogP contribution in [0.3, 0.4) is 0 Å². The highest BCUT2D eigenvalue weighted by molar-refractivity contribution is 5.97. The highest BCUT2D eigenvalue weighted by atomic mass is 16.5. The van der Waals surface area contributed by atoms with Crippen molar-refractivity contribution in [2.45, 2.75) is 19.3 Å². The van der Waals surface area contributed by atoms with Crippen LogP contribution in [0.25, 0.3) is 0 Å². The van der Waals surface area contributed by atoms with Gasteiger partial charge in [-0.2, -0.15) is 0 Å². The van der Waals surface area contributed by atoms with E-state index in [-0.39, 0.29) is 24.8 Å². The first-order valence-electron chi connectivity index (χ1n) is 8.45. The van der Waals surface area contributed by atoms with Gasteiger partial charge in [0, 0.05) is 12.2 Å². The van der Waals surface area contributed by atoms with E-state index < -0.39 is 0 Å². The second-order valence-electron chi connectivity index (χ2n) is 6.08. The summed E-state index contributed by atoms with van der Waals surface area (Å²) < 4.78 is 5.15. The van der Waals surface area contributed by atoms with Crippen molar-refractivity contribution < 1.29 is 14.3 Å². The zero-order chi connectivity index (χ0) is 17.6. The molecule has 1 aliphatic rings. The summed E-state index contributed by atoms with van der Waals surface area (Å²) in [4.78, 5) is 26.4.